The minimum Gasteiger partial charge on any atom is -0.234 e. The summed E-state index contributed by atoms with van der Waals surface area (Å²) in [5.74, 6) is 0. The molecule has 0 spiro atoms. The van der Waals surface area contributed by atoms with Crippen LogP contribution in [0.2, 0.25) is 0 Å². The molecule has 0 amide bonds. The monoisotopic (exact) mass is 283 g/mol. The van der Waals surface area contributed by atoms with Crippen LogP contribution in [0.5, 0.6) is 0 Å². The van der Waals surface area contributed by atoms with Gasteiger partial charge in [-0.05, 0) is 12.1 Å². The van der Waals surface area contributed by atoms with E-state index in [9.17, 15) is 0 Å². The minimum atomic E-state index is 0.469. The van der Waals surface area contributed by atoms with Crippen LogP contribution in [0.3, 0.4) is 0 Å². The maximum Gasteiger partial charge on any atom is 0.207 e. The number of allylic oxidation sites excluding steroid dienone is 1. The molecule has 6 heteroatoms. The fourth-order valence-electron chi connectivity index (χ4n) is 1.53. The molecule has 3 rings (SSSR count). The first-order valence-corrected chi connectivity index (χ1v) is 6.52. The molecule has 0 atom stereocenters. The van der Waals surface area contributed by atoms with Gasteiger partial charge in [-0.3, -0.25) is 0 Å². The van der Waals surface area contributed by atoms with Crippen molar-refractivity contribution < 1.29 is 0 Å². The molecule has 1 aliphatic rings. The zero-order chi connectivity index (χ0) is 11.8. The number of para-hydroxylation sites is 1. The standard InChI is InChI=1S/C11H7Cl2N3S/c12-7-5-14-16(6-8(7)13)11-15-9-3-1-2-4-10(9)17-11/h1-5H,6H2. The highest BCUT2D eigenvalue weighted by molar-refractivity contribution is 7.22. The summed E-state index contributed by atoms with van der Waals surface area (Å²) < 4.78 is 1.13. The Morgan fingerprint density at radius 2 is 2.06 bits per heavy atom. The zero-order valence-electron chi connectivity index (χ0n) is 8.60. The SMILES string of the molecule is ClC1=C(Cl)CN(c2nc3ccccc3s2)N=C1. The normalized spacial score (nSPS) is 16.0. The summed E-state index contributed by atoms with van der Waals surface area (Å²) in [6, 6.07) is 7.98. The summed E-state index contributed by atoms with van der Waals surface area (Å²) in [5, 5.41) is 7.86. The van der Waals surface area contributed by atoms with E-state index in [2.05, 4.69) is 10.1 Å². The number of thiazole rings is 1. The van der Waals surface area contributed by atoms with Crippen molar-refractivity contribution in [1.29, 1.82) is 0 Å². The average Bonchev–Trinajstić information content (AvgIpc) is 2.76. The number of halogens is 2. The Labute approximate surface area is 112 Å². The number of anilines is 1. The number of hydrogen-bond donors (Lipinski definition) is 0. The molecule has 1 aromatic carbocycles. The Balaban J connectivity index is 1.98. The van der Waals surface area contributed by atoms with Crippen LogP contribution in [0.15, 0.2) is 39.4 Å². The number of hydrogen-bond acceptors (Lipinski definition) is 4. The molecule has 2 heterocycles. The molecular weight excluding hydrogens is 277 g/mol. The van der Waals surface area contributed by atoms with Crippen LogP contribution in [-0.2, 0) is 0 Å². The number of hydrazone groups is 1. The van der Waals surface area contributed by atoms with Crippen LogP contribution in [-0.4, -0.2) is 17.7 Å². The predicted molar refractivity (Wildman–Crippen MR) is 74.2 cm³/mol. The second-order valence-electron chi connectivity index (χ2n) is 3.52. The molecule has 0 unspecified atom stereocenters. The molecule has 3 nitrogen and oxygen atoms in total. The van der Waals surface area contributed by atoms with Crippen molar-refractivity contribution in [2.45, 2.75) is 0 Å². The molecule has 1 aliphatic heterocycles. The second kappa shape index (κ2) is 4.29. The highest BCUT2D eigenvalue weighted by atomic mass is 35.5. The van der Waals surface area contributed by atoms with Gasteiger partial charge in [-0.1, -0.05) is 46.7 Å². The fourth-order valence-corrected chi connectivity index (χ4v) is 2.71. The fraction of sp³-hybridized carbons (Fsp3) is 0.0909. The van der Waals surface area contributed by atoms with E-state index in [0.717, 1.165) is 15.3 Å². The van der Waals surface area contributed by atoms with E-state index in [4.69, 9.17) is 23.2 Å². The lowest BCUT2D eigenvalue weighted by Crippen LogP contribution is -2.21. The molecule has 86 valence electrons. The summed E-state index contributed by atoms with van der Waals surface area (Å²) in [6.45, 7) is 0.469. The van der Waals surface area contributed by atoms with E-state index in [1.807, 2.05) is 24.3 Å². The highest BCUT2D eigenvalue weighted by Crippen LogP contribution is 2.31. The maximum atomic E-state index is 6.00. The molecule has 1 aromatic heterocycles. The van der Waals surface area contributed by atoms with E-state index in [1.54, 1.807) is 22.6 Å². The molecule has 0 aliphatic carbocycles. The second-order valence-corrected chi connectivity index (χ2v) is 5.39. The van der Waals surface area contributed by atoms with Crippen LogP contribution in [0.4, 0.5) is 5.13 Å². The third kappa shape index (κ3) is 2.04. The van der Waals surface area contributed by atoms with Crippen molar-refractivity contribution in [2.24, 2.45) is 5.10 Å². The Hall–Kier alpha value is -1.10. The van der Waals surface area contributed by atoms with E-state index >= 15 is 0 Å². The van der Waals surface area contributed by atoms with Gasteiger partial charge in [0, 0.05) is 0 Å². The number of nitrogens with zero attached hydrogens (tertiary/aromatic N) is 3. The first-order valence-electron chi connectivity index (χ1n) is 4.95. The molecule has 17 heavy (non-hydrogen) atoms. The minimum absolute atomic E-state index is 0.469. The number of rotatable bonds is 1. The van der Waals surface area contributed by atoms with Crippen molar-refractivity contribution in [1.82, 2.24) is 4.98 Å². The largest absolute Gasteiger partial charge is 0.234 e. The summed E-state index contributed by atoms with van der Waals surface area (Å²) in [6.07, 6.45) is 1.54. The Bertz CT molecular complexity index is 599. The molecule has 0 bridgehead atoms. The van der Waals surface area contributed by atoms with Crippen LogP contribution >= 0.6 is 34.5 Å². The lowest BCUT2D eigenvalue weighted by Gasteiger charge is -2.18. The lowest BCUT2D eigenvalue weighted by atomic mass is 10.3. The van der Waals surface area contributed by atoms with Gasteiger partial charge in [-0.25, -0.2) is 9.99 Å². The number of aromatic nitrogens is 1. The predicted octanol–water partition coefficient (Wildman–Crippen LogP) is 3.79. The van der Waals surface area contributed by atoms with Crippen molar-refractivity contribution >= 4 is 56.1 Å². The molecule has 2 aromatic rings. The van der Waals surface area contributed by atoms with Crippen molar-refractivity contribution in [2.75, 3.05) is 11.6 Å². The first-order chi connectivity index (χ1) is 8.24. The number of fused-ring (bicyclic) bond motifs is 1. The molecule has 0 saturated heterocycles. The summed E-state index contributed by atoms with van der Waals surface area (Å²) in [4.78, 5) is 4.50. The van der Waals surface area contributed by atoms with Crippen LogP contribution in [0.1, 0.15) is 0 Å². The van der Waals surface area contributed by atoms with Gasteiger partial charge in [0.25, 0.3) is 0 Å². The van der Waals surface area contributed by atoms with Gasteiger partial charge < -0.3 is 0 Å². The first kappa shape index (κ1) is 11.0. The van der Waals surface area contributed by atoms with E-state index in [0.29, 0.717) is 16.6 Å². The van der Waals surface area contributed by atoms with Gasteiger partial charge in [0.2, 0.25) is 5.13 Å². The maximum absolute atomic E-state index is 6.00. The van der Waals surface area contributed by atoms with Crippen molar-refractivity contribution in [3.8, 4) is 0 Å². The van der Waals surface area contributed by atoms with Gasteiger partial charge in [0.05, 0.1) is 33.0 Å². The van der Waals surface area contributed by atoms with Gasteiger partial charge in [0.15, 0.2) is 0 Å². The summed E-state index contributed by atoms with van der Waals surface area (Å²) >= 11 is 13.4. The topological polar surface area (TPSA) is 28.5 Å². The zero-order valence-corrected chi connectivity index (χ0v) is 10.9. The van der Waals surface area contributed by atoms with Gasteiger partial charge in [-0.15, -0.1) is 0 Å². The van der Waals surface area contributed by atoms with Crippen molar-refractivity contribution in [3.63, 3.8) is 0 Å². The smallest absolute Gasteiger partial charge is 0.207 e. The van der Waals surface area contributed by atoms with Gasteiger partial charge in [-0.2, -0.15) is 5.10 Å². The van der Waals surface area contributed by atoms with E-state index in [1.165, 1.54) is 0 Å². The third-order valence-electron chi connectivity index (χ3n) is 2.36. The lowest BCUT2D eigenvalue weighted by molar-refractivity contribution is 0.919. The molecule has 0 saturated carbocycles. The van der Waals surface area contributed by atoms with Gasteiger partial charge in [0.1, 0.15) is 0 Å². The molecular formula is C11H7Cl2N3S. The third-order valence-corrected chi connectivity index (χ3v) is 4.16. The molecule has 0 radical (unpaired) electrons. The Morgan fingerprint density at radius 3 is 2.82 bits per heavy atom. The van der Waals surface area contributed by atoms with Crippen LogP contribution < -0.4 is 5.01 Å². The van der Waals surface area contributed by atoms with Gasteiger partial charge >= 0.3 is 0 Å². The molecule has 0 N–H and O–H groups in total. The quantitative estimate of drug-likeness (QED) is 0.797. The van der Waals surface area contributed by atoms with Crippen LogP contribution in [0.25, 0.3) is 10.2 Å². The summed E-state index contributed by atoms with van der Waals surface area (Å²) in [5.41, 5.74) is 0.972. The van der Waals surface area contributed by atoms with Crippen molar-refractivity contribution in [3.05, 3.63) is 34.3 Å². The highest BCUT2D eigenvalue weighted by Gasteiger charge is 2.16. The Morgan fingerprint density at radius 1 is 1.24 bits per heavy atom. The van der Waals surface area contributed by atoms with E-state index < -0.39 is 0 Å². The van der Waals surface area contributed by atoms with E-state index in [-0.39, 0.29) is 0 Å². The summed E-state index contributed by atoms with van der Waals surface area (Å²) in [7, 11) is 0. The molecule has 0 fully saturated rings. The number of benzene rings is 1. The Kier molecular flexibility index (Phi) is 2.78. The average molecular weight is 284 g/mol. The van der Waals surface area contributed by atoms with Crippen LogP contribution in [0, 0.1) is 0 Å².